The molecule has 5 heteroatoms. The largest absolute Gasteiger partial charge is 0.353 e. The number of hydrogen-bond acceptors (Lipinski definition) is 4. The summed E-state index contributed by atoms with van der Waals surface area (Å²) in [5.41, 5.74) is 5.87. The third-order valence-corrected chi connectivity index (χ3v) is 4.98. The Kier molecular flexibility index (Phi) is 5.98. The second kappa shape index (κ2) is 7.50. The van der Waals surface area contributed by atoms with Crippen LogP contribution in [0.1, 0.15) is 32.1 Å². The molecule has 4 nitrogen and oxygen atoms in total. The van der Waals surface area contributed by atoms with Crippen molar-refractivity contribution in [3.8, 4) is 0 Å². The smallest absolute Gasteiger partial charge is 0.223 e. The third-order valence-electron chi connectivity index (χ3n) is 4.39. The number of hydrogen-bond donors (Lipinski definition) is 2. The predicted octanol–water partition coefficient (Wildman–Crippen LogP) is 1.06. The lowest BCUT2D eigenvalue weighted by molar-refractivity contribution is -0.125. The molecule has 1 aliphatic heterocycles. The molecule has 1 amide bonds. The first-order valence-corrected chi connectivity index (χ1v) is 8.85. The Labute approximate surface area is 120 Å². The van der Waals surface area contributed by atoms with E-state index in [0.29, 0.717) is 6.04 Å². The van der Waals surface area contributed by atoms with E-state index in [4.69, 9.17) is 5.73 Å². The van der Waals surface area contributed by atoms with E-state index in [0.717, 1.165) is 45.2 Å². The summed E-state index contributed by atoms with van der Waals surface area (Å²) in [7, 11) is 0. The molecule has 0 spiro atoms. The molecule has 0 unspecified atom stereocenters. The van der Waals surface area contributed by atoms with Crippen LogP contribution in [-0.2, 0) is 4.79 Å². The molecule has 0 bridgehead atoms. The van der Waals surface area contributed by atoms with Crippen LogP contribution in [0, 0.1) is 5.92 Å². The Balaban J connectivity index is 1.66. The van der Waals surface area contributed by atoms with Gasteiger partial charge in [-0.25, -0.2) is 0 Å². The molecule has 0 aromatic heterocycles. The van der Waals surface area contributed by atoms with Crippen molar-refractivity contribution >= 4 is 17.7 Å². The molecular weight excluding hydrogens is 258 g/mol. The molecule has 0 aromatic carbocycles. The summed E-state index contributed by atoms with van der Waals surface area (Å²) in [6.07, 6.45) is 7.19. The Morgan fingerprint density at radius 1 is 1.32 bits per heavy atom. The van der Waals surface area contributed by atoms with E-state index in [1.807, 2.05) is 11.8 Å². The van der Waals surface area contributed by atoms with E-state index in [1.165, 1.54) is 12.3 Å². The van der Waals surface area contributed by atoms with Gasteiger partial charge in [0.05, 0.1) is 0 Å². The van der Waals surface area contributed by atoms with Gasteiger partial charge in [0, 0.05) is 43.4 Å². The van der Waals surface area contributed by atoms with Crippen molar-refractivity contribution in [3.63, 3.8) is 0 Å². The van der Waals surface area contributed by atoms with Crippen molar-refractivity contribution in [2.24, 2.45) is 11.7 Å². The van der Waals surface area contributed by atoms with E-state index in [2.05, 4.69) is 16.5 Å². The fourth-order valence-electron chi connectivity index (χ4n) is 3.09. The summed E-state index contributed by atoms with van der Waals surface area (Å²) >= 11 is 1.90. The molecule has 1 saturated carbocycles. The van der Waals surface area contributed by atoms with Crippen molar-refractivity contribution < 1.29 is 4.79 Å². The predicted molar refractivity (Wildman–Crippen MR) is 81.3 cm³/mol. The first-order valence-electron chi connectivity index (χ1n) is 7.46. The number of carbonyl (C=O) groups excluding carboxylic acids is 1. The van der Waals surface area contributed by atoms with Crippen LogP contribution in [-0.4, -0.2) is 54.5 Å². The van der Waals surface area contributed by atoms with Gasteiger partial charge in [0.2, 0.25) is 5.91 Å². The van der Waals surface area contributed by atoms with Gasteiger partial charge in [0.15, 0.2) is 0 Å². The number of nitrogens with two attached hydrogens (primary N) is 1. The molecule has 19 heavy (non-hydrogen) atoms. The lowest BCUT2D eigenvalue weighted by Crippen LogP contribution is -2.46. The summed E-state index contributed by atoms with van der Waals surface area (Å²) < 4.78 is 0. The highest BCUT2D eigenvalue weighted by Crippen LogP contribution is 2.24. The highest BCUT2D eigenvalue weighted by atomic mass is 32.2. The van der Waals surface area contributed by atoms with Crippen LogP contribution in [0.3, 0.4) is 0 Å². The molecule has 2 rings (SSSR count). The minimum absolute atomic E-state index is 0.171. The van der Waals surface area contributed by atoms with Crippen molar-refractivity contribution in [1.29, 1.82) is 0 Å². The lowest BCUT2D eigenvalue weighted by Gasteiger charge is -2.32. The zero-order valence-electron chi connectivity index (χ0n) is 11.9. The van der Waals surface area contributed by atoms with E-state index >= 15 is 0 Å². The van der Waals surface area contributed by atoms with Crippen LogP contribution in [0.15, 0.2) is 0 Å². The van der Waals surface area contributed by atoms with Gasteiger partial charge in [-0.15, -0.1) is 0 Å². The zero-order valence-corrected chi connectivity index (χ0v) is 12.8. The number of nitrogens with zero attached hydrogens (tertiary/aromatic N) is 1. The summed E-state index contributed by atoms with van der Waals surface area (Å²) in [6.45, 7) is 3.42. The molecule has 1 aliphatic carbocycles. The fourth-order valence-corrected chi connectivity index (χ4v) is 3.54. The van der Waals surface area contributed by atoms with Crippen LogP contribution < -0.4 is 11.1 Å². The highest BCUT2D eigenvalue weighted by Gasteiger charge is 2.29. The van der Waals surface area contributed by atoms with E-state index in [1.54, 1.807) is 0 Å². The molecule has 3 N–H and O–H groups in total. The normalized spacial score (nSPS) is 29.6. The van der Waals surface area contributed by atoms with Gasteiger partial charge in [-0.2, -0.15) is 11.8 Å². The molecule has 2 atom stereocenters. The number of piperidine rings is 1. The molecule has 0 radical (unpaired) electrons. The van der Waals surface area contributed by atoms with Gasteiger partial charge in [0.1, 0.15) is 0 Å². The number of rotatable bonds is 5. The average Bonchev–Trinajstić information content (AvgIpc) is 2.85. The average molecular weight is 285 g/mol. The van der Waals surface area contributed by atoms with Gasteiger partial charge in [0.25, 0.3) is 0 Å². The Hall–Kier alpha value is -0.260. The maximum atomic E-state index is 12.1. The fraction of sp³-hybridized carbons (Fsp3) is 0.929. The number of nitrogens with one attached hydrogen (secondary N) is 1. The Morgan fingerprint density at radius 2 is 2.05 bits per heavy atom. The van der Waals surface area contributed by atoms with Gasteiger partial charge < -0.3 is 16.0 Å². The van der Waals surface area contributed by atoms with Crippen LogP contribution >= 0.6 is 11.8 Å². The Bertz CT molecular complexity index is 292. The van der Waals surface area contributed by atoms with Crippen LogP contribution in [0.25, 0.3) is 0 Å². The standard InChI is InChI=1S/C14H27N3OS/c1-19-9-8-17-6-4-13(5-7-17)16-14(18)11-2-3-12(15)10-11/h11-13H,2-10,15H2,1H3,(H,16,18)/t11-,12+/m0/s1. The molecule has 1 heterocycles. The quantitative estimate of drug-likeness (QED) is 0.793. The van der Waals surface area contributed by atoms with Gasteiger partial charge in [-0.05, 0) is 38.4 Å². The second-order valence-electron chi connectivity index (χ2n) is 5.89. The van der Waals surface area contributed by atoms with Crippen molar-refractivity contribution in [3.05, 3.63) is 0 Å². The summed E-state index contributed by atoms with van der Waals surface area (Å²) in [6, 6.07) is 0.624. The Morgan fingerprint density at radius 3 is 2.63 bits per heavy atom. The molecule has 2 aliphatic rings. The summed E-state index contributed by atoms with van der Waals surface area (Å²) in [5, 5.41) is 3.23. The molecule has 2 fully saturated rings. The van der Waals surface area contributed by atoms with Crippen LogP contribution in [0.4, 0.5) is 0 Å². The number of thioether (sulfide) groups is 1. The summed E-state index contributed by atoms with van der Waals surface area (Å²) in [5.74, 6) is 1.62. The second-order valence-corrected chi connectivity index (χ2v) is 6.87. The highest BCUT2D eigenvalue weighted by molar-refractivity contribution is 7.98. The van der Waals surface area contributed by atoms with Gasteiger partial charge in [-0.3, -0.25) is 4.79 Å². The van der Waals surface area contributed by atoms with E-state index < -0.39 is 0 Å². The zero-order chi connectivity index (χ0) is 13.7. The maximum absolute atomic E-state index is 12.1. The lowest BCUT2D eigenvalue weighted by atomic mass is 10.0. The van der Waals surface area contributed by atoms with E-state index in [9.17, 15) is 4.79 Å². The van der Waals surface area contributed by atoms with Crippen molar-refractivity contribution in [2.45, 2.75) is 44.2 Å². The van der Waals surface area contributed by atoms with Crippen LogP contribution in [0.2, 0.25) is 0 Å². The van der Waals surface area contributed by atoms with E-state index in [-0.39, 0.29) is 17.9 Å². The number of amides is 1. The third kappa shape index (κ3) is 4.65. The SMILES string of the molecule is CSCCN1CCC(NC(=O)[C@H]2CC[C@@H](N)C2)CC1. The van der Waals surface area contributed by atoms with Crippen molar-refractivity contribution in [2.75, 3.05) is 31.6 Å². The number of carbonyl (C=O) groups is 1. The summed E-state index contributed by atoms with van der Waals surface area (Å²) in [4.78, 5) is 14.6. The molecule has 110 valence electrons. The minimum Gasteiger partial charge on any atom is -0.353 e. The topological polar surface area (TPSA) is 58.4 Å². The number of likely N-dealkylation sites (tertiary alicyclic amines) is 1. The molecule has 0 aromatic rings. The van der Waals surface area contributed by atoms with Crippen molar-refractivity contribution in [1.82, 2.24) is 10.2 Å². The monoisotopic (exact) mass is 285 g/mol. The molecule has 1 saturated heterocycles. The van der Waals surface area contributed by atoms with Crippen LogP contribution in [0.5, 0.6) is 0 Å². The van der Waals surface area contributed by atoms with Gasteiger partial charge >= 0.3 is 0 Å². The maximum Gasteiger partial charge on any atom is 0.223 e. The first kappa shape index (κ1) is 15.1. The first-order chi connectivity index (χ1) is 9.19. The minimum atomic E-state index is 0.171. The molecular formula is C14H27N3OS. The van der Waals surface area contributed by atoms with Gasteiger partial charge in [-0.1, -0.05) is 0 Å².